The first-order valence-corrected chi connectivity index (χ1v) is 10.4. The Morgan fingerprint density at radius 1 is 1.14 bits per heavy atom. The van der Waals surface area contributed by atoms with Gasteiger partial charge in [-0.2, -0.15) is 0 Å². The molecule has 0 radical (unpaired) electrons. The van der Waals surface area contributed by atoms with Crippen molar-refractivity contribution in [1.82, 2.24) is 4.90 Å². The zero-order chi connectivity index (χ0) is 20.3. The first-order chi connectivity index (χ1) is 13.4. The minimum absolute atomic E-state index is 0.0926. The van der Waals surface area contributed by atoms with Crippen LogP contribution in [0.25, 0.3) is 0 Å². The van der Waals surface area contributed by atoms with Crippen LogP contribution in [-0.4, -0.2) is 29.9 Å². The minimum atomic E-state index is -1.09. The van der Waals surface area contributed by atoms with Crippen molar-refractivity contribution >= 4 is 28.5 Å². The van der Waals surface area contributed by atoms with E-state index in [1.807, 2.05) is 22.6 Å². The van der Waals surface area contributed by atoms with Crippen LogP contribution in [0.2, 0.25) is 0 Å². The van der Waals surface area contributed by atoms with Crippen molar-refractivity contribution in [3.05, 3.63) is 68.0 Å². The predicted octanol–water partition coefficient (Wildman–Crippen LogP) is 4.64. The molecule has 2 N–H and O–H groups in total. The van der Waals surface area contributed by atoms with Gasteiger partial charge in [0.1, 0.15) is 5.82 Å². The van der Waals surface area contributed by atoms with Gasteiger partial charge in [0.05, 0.1) is 0 Å². The van der Waals surface area contributed by atoms with Gasteiger partial charge in [0, 0.05) is 33.7 Å². The first kappa shape index (κ1) is 21.1. The molecule has 1 saturated heterocycles. The molecule has 1 unspecified atom stereocenters. The number of halogens is 4. The smallest absolute Gasteiger partial charge is 0.254 e. The summed E-state index contributed by atoms with van der Waals surface area (Å²) >= 11 is 1.98. The lowest BCUT2D eigenvalue weighted by atomic mass is 9.93. The molecule has 2 aromatic rings. The Labute approximate surface area is 176 Å². The van der Waals surface area contributed by atoms with Gasteiger partial charge in [-0.1, -0.05) is 12.5 Å². The molecule has 0 aromatic heterocycles. The number of likely N-dealkylation sites (tertiary alicyclic amines) is 1. The Balaban J connectivity index is 1.87. The van der Waals surface area contributed by atoms with Crippen LogP contribution >= 0.6 is 22.6 Å². The fraction of sp³-hybridized carbons (Fsp3) is 0.381. The number of benzene rings is 2. The Bertz CT molecular complexity index is 875. The third kappa shape index (κ3) is 4.51. The minimum Gasteiger partial charge on any atom is -0.336 e. The maximum Gasteiger partial charge on any atom is 0.254 e. The summed E-state index contributed by atoms with van der Waals surface area (Å²) in [7, 11) is 0. The standard InChI is InChI=1S/C21H22F3IN2O/c22-18-7-6-16(21(28)27-10-8-15(27)3-1-2-9-26)17(20(18)24)11-13-4-5-14(25)12-19(13)23/h4-7,12,15H,1-3,8-11,26H2. The monoisotopic (exact) mass is 502 g/mol. The molecular formula is C21H22F3IN2O. The van der Waals surface area contributed by atoms with E-state index in [0.717, 1.165) is 31.7 Å². The molecule has 1 aliphatic rings. The molecule has 0 bridgehead atoms. The molecule has 2 aromatic carbocycles. The van der Waals surface area contributed by atoms with Crippen LogP contribution in [0.15, 0.2) is 30.3 Å². The van der Waals surface area contributed by atoms with Gasteiger partial charge in [-0.3, -0.25) is 4.79 Å². The highest BCUT2D eigenvalue weighted by Crippen LogP contribution is 2.29. The summed E-state index contributed by atoms with van der Waals surface area (Å²) in [5.41, 5.74) is 5.74. The van der Waals surface area contributed by atoms with Crippen molar-refractivity contribution in [3.8, 4) is 0 Å². The molecule has 3 nitrogen and oxygen atoms in total. The Hall–Kier alpha value is -1.61. The third-order valence-electron chi connectivity index (χ3n) is 5.21. The summed E-state index contributed by atoms with van der Waals surface area (Å²) in [5, 5.41) is 0. The number of carbonyl (C=O) groups is 1. The van der Waals surface area contributed by atoms with E-state index in [1.165, 1.54) is 18.2 Å². The highest BCUT2D eigenvalue weighted by molar-refractivity contribution is 14.1. The molecule has 1 fully saturated rings. The second-order valence-electron chi connectivity index (χ2n) is 7.03. The average molecular weight is 502 g/mol. The van der Waals surface area contributed by atoms with Gasteiger partial charge in [-0.25, -0.2) is 13.2 Å². The lowest BCUT2D eigenvalue weighted by Crippen LogP contribution is -2.51. The van der Waals surface area contributed by atoms with Gasteiger partial charge in [0.2, 0.25) is 0 Å². The van der Waals surface area contributed by atoms with E-state index < -0.39 is 17.5 Å². The Kier molecular flexibility index (Phi) is 6.98. The molecule has 3 rings (SSSR count). The molecule has 1 atom stereocenters. The van der Waals surface area contributed by atoms with E-state index in [1.54, 1.807) is 11.0 Å². The Morgan fingerprint density at radius 2 is 1.93 bits per heavy atom. The molecule has 7 heteroatoms. The van der Waals surface area contributed by atoms with Crippen LogP contribution in [0.3, 0.4) is 0 Å². The highest BCUT2D eigenvalue weighted by Gasteiger charge is 2.34. The summed E-state index contributed by atoms with van der Waals surface area (Å²) in [6, 6.07) is 6.91. The number of hydrogen-bond donors (Lipinski definition) is 1. The Morgan fingerprint density at radius 3 is 2.57 bits per heavy atom. The summed E-state index contributed by atoms with van der Waals surface area (Å²) in [5.74, 6) is -2.97. The van der Waals surface area contributed by atoms with Crippen LogP contribution in [0, 0.1) is 21.0 Å². The van der Waals surface area contributed by atoms with E-state index in [2.05, 4.69) is 0 Å². The van der Waals surface area contributed by atoms with Gasteiger partial charge in [0.25, 0.3) is 5.91 Å². The first-order valence-electron chi connectivity index (χ1n) is 9.34. The fourth-order valence-electron chi connectivity index (χ4n) is 3.51. The lowest BCUT2D eigenvalue weighted by molar-refractivity contribution is 0.0437. The van der Waals surface area contributed by atoms with Crippen LogP contribution in [0.5, 0.6) is 0 Å². The maximum absolute atomic E-state index is 14.6. The molecule has 28 heavy (non-hydrogen) atoms. The normalized spacial score (nSPS) is 16.2. The molecule has 1 amide bonds. The number of rotatable bonds is 7. The second-order valence-corrected chi connectivity index (χ2v) is 8.27. The lowest BCUT2D eigenvalue weighted by Gasteiger charge is -2.41. The zero-order valence-electron chi connectivity index (χ0n) is 15.4. The van der Waals surface area contributed by atoms with Crippen molar-refractivity contribution in [1.29, 1.82) is 0 Å². The predicted molar refractivity (Wildman–Crippen MR) is 111 cm³/mol. The van der Waals surface area contributed by atoms with Crippen molar-refractivity contribution < 1.29 is 18.0 Å². The van der Waals surface area contributed by atoms with E-state index in [4.69, 9.17) is 5.73 Å². The number of carbonyl (C=O) groups excluding carboxylic acids is 1. The maximum atomic E-state index is 14.6. The molecule has 0 saturated carbocycles. The SMILES string of the molecule is NCCCCC1CCN1C(=O)c1ccc(F)c(F)c1Cc1ccc(I)cc1F. The molecule has 0 aliphatic carbocycles. The topological polar surface area (TPSA) is 46.3 Å². The fourth-order valence-corrected chi connectivity index (χ4v) is 3.96. The van der Waals surface area contributed by atoms with Gasteiger partial charge in [-0.15, -0.1) is 0 Å². The van der Waals surface area contributed by atoms with Crippen molar-refractivity contribution in [3.63, 3.8) is 0 Å². The largest absolute Gasteiger partial charge is 0.336 e. The summed E-state index contributed by atoms with van der Waals surface area (Å²) in [6.45, 7) is 1.19. The number of nitrogens with two attached hydrogens (primary N) is 1. The summed E-state index contributed by atoms with van der Waals surface area (Å²) in [6.07, 6.45) is 3.36. The zero-order valence-corrected chi connectivity index (χ0v) is 17.5. The number of hydrogen-bond acceptors (Lipinski definition) is 2. The van der Waals surface area contributed by atoms with Crippen molar-refractivity contribution in [2.45, 2.75) is 38.1 Å². The van der Waals surface area contributed by atoms with Crippen molar-refractivity contribution in [2.75, 3.05) is 13.1 Å². The number of nitrogens with zero attached hydrogens (tertiary/aromatic N) is 1. The quantitative estimate of drug-likeness (QED) is 0.443. The second kappa shape index (κ2) is 9.26. The summed E-state index contributed by atoms with van der Waals surface area (Å²) in [4.78, 5) is 14.7. The van der Waals surface area contributed by atoms with E-state index in [-0.39, 0.29) is 35.1 Å². The molecular weight excluding hydrogens is 480 g/mol. The molecule has 1 heterocycles. The van der Waals surface area contributed by atoms with Crippen LogP contribution < -0.4 is 5.73 Å². The molecule has 150 valence electrons. The molecule has 0 spiro atoms. The van der Waals surface area contributed by atoms with Crippen LogP contribution in [0.1, 0.15) is 47.2 Å². The van der Waals surface area contributed by atoms with E-state index in [0.29, 0.717) is 16.7 Å². The van der Waals surface area contributed by atoms with Gasteiger partial charge in [0.15, 0.2) is 11.6 Å². The number of amides is 1. The van der Waals surface area contributed by atoms with Crippen molar-refractivity contribution in [2.24, 2.45) is 5.73 Å². The molecule has 1 aliphatic heterocycles. The van der Waals surface area contributed by atoms with E-state index >= 15 is 0 Å². The van der Waals surface area contributed by atoms with E-state index in [9.17, 15) is 18.0 Å². The van der Waals surface area contributed by atoms with Gasteiger partial charge >= 0.3 is 0 Å². The summed E-state index contributed by atoms with van der Waals surface area (Å²) < 4.78 is 43.4. The van der Waals surface area contributed by atoms with Gasteiger partial charge < -0.3 is 10.6 Å². The average Bonchev–Trinajstić information content (AvgIpc) is 2.63. The van der Waals surface area contributed by atoms with Crippen LogP contribution in [0.4, 0.5) is 13.2 Å². The highest BCUT2D eigenvalue weighted by atomic mass is 127. The number of unbranched alkanes of at least 4 members (excludes halogenated alkanes) is 1. The van der Waals surface area contributed by atoms with Crippen LogP contribution in [-0.2, 0) is 6.42 Å². The third-order valence-corrected chi connectivity index (χ3v) is 5.88. The van der Waals surface area contributed by atoms with Gasteiger partial charge in [-0.05, 0) is 78.2 Å².